The summed E-state index contributed by atoms with van der Waals surface area (Å²) in [7, 11) is -2.77. The summed E-state index contributed by atoms with van der Waals surface area (Å²) in [6, 6.07) is 5.12. The molecule has 134 valence electrons. The molecule has 3 rings (SSSR count). The standard InChI is InChI=1S/C17H19ClN2O4S/c1-9-15(17(21)24-3)16(10(2)19-9)25(22,23)20-12-6-7-13(11-4-5-11)14(18)8-12/h6-8,11,19-20H,4-5H2,1-3H3. The molecule has 25 heavy (non-hydrogen) atoms. The number of esters is 1. The number of hydrogen-bond donors (Lipinski definition) is 2. The molecule has 0 spiro atoms. The van der Waals surface area contributed by atoms with E-state index in [0.29, 0.717) is 28.0 Å². The fraction of sp³-hybridized carbons (Fsp3) is 0.353. The summed E-state index contributed by atoms with van der Waals surface area (Å²) in [5.41, 5.74) is 2.20. The largest absolute Gasteiger partial charge is 0.465 e. The molecule has 6 nitrogen and oxygen atoms in total. The Morgan fingerprint density at radius 3 is 2.52 bits per heavy atom. The van der Waals surface area contributed by atoms with Gasteiger partial charge in [-0.25, -0.2) is 13.2 Å². The number of aromatic nitrogens is 1. The van der Waals surface area contributed by atoms with Crippen LogP contribution in [0.4, 0.5) is 5.69 Å². The summed E-state index contributed by atoms with van der Waals surface area (Å²) in [5.74, 6) is -0.233. The number of nitrogens with one attached hydrogen (secondary N) is 2. The monoisotopic (exact) mass is 382 g/mol. The average molecular weight is 383 g/mol. The van der Waals surface area contributed by atoms with Crippen molar-refractivity contribution in [1.29, 1.82) is 0 Å². The lowest BCUT2D eigenvalue weighted by atomic mass is 10.1. The van der Waals surface area contributed by atoms with E-state index in [-0.39, 0.29) is 10.5 Å². The fourth-order valence-corrected chi connectivity index (χ4v) is 4.80. The molecule has 0 atom stereocenters. The van der Waals surface area contributed by atoms with Crippen molar-refractivity contribution in [3.8, 4) is 0 Å². The SMILES string of the molecule is COC(=O)c1c(C)[nH]c(C)c1S(=O)(=O)Nc1ccc(C2CC2)c(Cl)c1. The first-order valence-electron chi connectivity index (χ1n) is 7.84. The number of hydrogen-bond acceptors (Lipinski definition) is 4. The van der Waals surface area contributed by atoms with E-state index in [1.165, 1.54) is 7.11 Å². The summed E-state index contributed by atoms with van der Waals surface area (Å²) in [6.07, 6.45) is 2.21. The van der Waals surface area contributed by atoms with Gasteiger partial charge in [0.1, 0.15) is 10.5 Å². The number of rotatable bonds is 5. The summed E-state index contributed by atoms with van der Waals surface area (Å²) >= 11 is 6.26. The van der Waals surface area contributed by atoms with E-state index >= 15 is 0 Å². The van der Waals surface area contributed by atoms with Gasteiger partial charge in [-0.1, -0.05) is 17.7 Å². The molecule has 1 aliphatic carbocycles. The van der Waals surface area contributed by atoms with Crippen LogP contribution in [0, 0.1) is 13.8 Å². The molecule has 2 N–H and O–H groups in total. The smallest absolute Gasteiger partial charge is 0.341 e. The minimum atomic E-state index is -3.98. The molecule has 0 amide bonds. The van der Waals surface area contributed by atoms with Crippen molar-refractivity contribution in [3.05, 3.63) is 45.7 Å². The average Bonchev–Trinajstić information content (AvgIpc) is 3.30. The Balaban J connectivity index is 1.98. The maximum Gasteiger partial charge on any atom is 0.341 e. The summed E-state index contributed by atoms with van der Waals surface area (Å²) in [4.78, 5) is 14.8. The van der Waals surface area contributed by atoms with Gasteiger partial charge in [0, 0.05) is 16.4 Å². The van der Waals surface area contributed by atoms with Gasteiger partial charge >= 0.3 is 5.97 Å². The second-order valence-electron chi connectivity index (χ2n) is 6.19. The molecule has 1 heterocycles. The molecule has 0 aliphatic heterocycles. The molecule has 1 aromatic heterocycles. The molecular formula is C17H19ClN2O4S. The quantitative estimate of drug-likeness (QED) is 0.771. The van der Waals surface area contributed by atoms with E-state index in [2.05, 4.69) is 9.71 Å². The van der Waals surface area contributed by atoms with Crippen molar-refractivity contribution in [2.75, 3.05) is 11.8 Å². The van der Waals surface area contributed by atoms with Crippen molar-refractivity contribution in [1.82, 2.24) is 4.98 Å². The van der Waals surface area contributed by atoms with Crippen molar-refractivity contribution in [2.45, 2.75) is 37.5 Å². The molecule has 0 radical (unpaired) electrons. The highest BCUT2D eigenvalue weighted by Crippen LogP contribution is 2.43. The van der Waals surface area contributed by atoms with Crippen LogP contribution < -0.4 is 4.72 Å². The van der Waals surface area contributed by atoms with Crippen LogP contribution in [-0.2, 0) is 14.8 Å². The van der Waals surface area contributed by atoms with E-state index in [0.717, 1.165) is 18.4 Å². The molecule has 8 heteroatoms. The van der Waals surface area contributed by atoms with E-state index < -0.39 is 16.0 Å². The highest BCUT2D eigenvalue weighted by Gasteiger charge is 2.30. The first-order chi connectivity index (χ1) is 11.7. The second-order valence-corrected chi connectivity index (χ2v) is 8.21. The van der Waals surface area contributed by atoms with Gasteiger partial charge in [-0.3, -0.25) is 4.72 Å². The zero-order valence-electron chi connectivity index (χ0n) is 14.1. The highest BCUT2D eigenvalue weighted by atomic mass is 35.5. The maximum atomic E-state index is 12.8. The van der Waals surface area contributed by atoms with Gasteiger partial charge in [0.05, 0.1) is 12.8 Å². The first-order valence-corrected chi connectivity index (χ1v) is 9.70. The number of aryl methyl sites for hydroxylation is 2. The normalized spacial score (nSPS) is 14.4. The van der Waals surface area contributed by atoms with Crippen LogP contribution in [0.15, 0.2) is 23.1 Å². The highest BCUT2D eigenvalue weighted by molar-refractivity contribution is 7.92. The zero-order chi connectivity index (χ0) is 18.4. The lowest BCUT2D eigenvalue weighted by molar-refractivity contribution is 0.0596. The summed E-state index contributed by atoms with van der Waals surface area (Å²) < 4.78 is 32.9. The number of ether oxygens (including phenoxy) is 1. The Kier molecular flexibility index (Phi) is 4.55. The van der Waals surface area contributed by atoms with Crippen molar-refractivity contribution in [2.24, 2.45) is 0 Å². The van der Waals surface area contributed by atoms with Gasteiger partial charge < -0.3 is 9.72 Å². The van der Waals surface area contributed by atoms with Gasteiger partial charge in [-0.05, 0) is 50.3 Å². The second kappa shape index (κ2) is 6.38. The van der Waals surface area contributed by atoms with Crippen LogP contribution in [0.3, 0.4) is 0 Å². The molecule has 0 saturated heterocycles. The Morgan fingerprint density at radius 1 is 1.28 bits per heavy atom. The van der Waals surface area contributed by atoms with Crippen LogP contribution in [0.1, 0.15) is 46.1 Å². The lowest BCUT2D eigenvalue weighted by Crippen LogP contribution is -2.17. The number of methoxy groups -OCH3 is 1. The van der Waals surface area contributed by atoms with Crippen LogP contribution >= 0.6 is 11.6 Å². The minimum absolute atomic E-state index is 0.00759. The van der Waals surface area contributed by atoms with E-state index in [1.807, 2.05) is 6.07 Å². The predicted octanol–water partition coefficient (Wildman–Crippen LogP) is 3.75. The van der Waals surface area contributed by atoms with Crippen molar-refractivity contribution < 1.29 is 17.9 Å². The Hall–Kier alpha value is -1.99. The van der Waals surface area contributed by atoms with Crippen LogP contribution in [0.25, 0.3) is 0 Å². The van der Waals surface area contributed by atoms with Gasteiger partial charge in [-0.15, -0.1) is 0 Å². The minimum Gasteiger partial charge on any atom is -0.465 e. The molecule has 2 aromatic rings. The maximum absolute atomic E-state index is 12.8. The van der Waals surface area contributed by atoms with Gasteiger partial charge in [0.15, 0.2) is 0 Å². The van der Waals surface area contributed by atoms with Crippen LogP contribution in [0.2, 0.25) is 5.02 Å². The molecule has 1 aromatic carbocycles. The van der Waals surface area contributed by atoms with Crippen LogP contribution in [0.5, 0.6) is 0 Å². The third-order valence-electron chi connectivity index (χ3n) is 4.25. The number of benzene rings is 1. The van der Waals surface area contributed by atoms with Crippen molar-refractivity contribution >= 4 is 33.3 Å². The van der Waals surface area contributed by atoms with E-state index in [4.69, 9.17) is 16.3 Å². The summed E-state index contributed by atoms with van der Waals surface area (Å²) in [6.45, 7) is 3.22. The Bertz CT molecular complexity index is 946. The number of carbonyl (C=O) groups is 1. The fourth-order valence-electron chi connectivity index (χ4n) is 2.96. The molecule has 1 fully saturated rings. The van der Waals surface area contributed by atoms with Crippen LogP contribution in [-0.4, -0.2) is 26.5 Å². The number of aromatic amines is 1. The molecule has 1 aliphatic rings. The molecule has 0 bridgehead atoms. The topological polar surface area (TPSA) is 88.3 Å². The van der Waals surface area contributed by atoms with Gasteiger partial charge in [0.2, 0.25) is 0 Å². The zero-order valence-corrected chi connectivity index (χ0v) is 15.7. The predicted molar refractivity (Wildman–Crippen MR) is 95.8 cm³/mol. The van der Waals surface area contributed by atoms with E-state index in [1.54, 1.807) is 26.0 Å². The number of halogens is 1. The molecule has 0 unspecified atom stereocenters. The van der Waals surface area contributed by atoms with Gasteiger partial charge in [0.25, 0.3) is 10.0 Å². The number of anilines is 1. The van der Waals surface area contributed by atoms with Gasteiger partial charge in [-0.2, -0.15) is 0 Å². The molecular weight excluding hydrogens is 364 g/mol. The summed E-state index contributed by atoms with van der Waals surface area (Å²) in [5, 5.41) is 0.540. The molecule has 1 saturated carbocycles. The third-order valence-corrected chi connectivity index (χ3v) is 6.13. The Morgan fingerprint density at radius 2 is 1.96 bits per heavy atom. The van der Waals surface area contributed by atoms with E-state index in [9.17, 15) is 13.2 Å². The number of carbonyl (C=O) groups excluding carboxylic acids is 1. The Labute approximate surface area is 151 Å². The number of H-pyrrole nitrogens is 1. The number of sulfonamides is 1. The third kappa shape index (κ3) is 3.39. The lowest BCUT2D eigenvalue weighted by Gasteiger charge is -2.11. The first kappa shape index (κ1) is 17.8. The van der Waals surface area contributed by atoms with Crippen molar-refractivity contribution in [3.63, 3.8) is 0 Å².